The van der Waals surface area contributed by atoms with Crippen molar-refractivity contribution in [2.75, 3.05) is 14.2 Å². The Kier molecular flexibility index (Phi) is 5.94. The molecular weight excluding hydrogens is 234 g/mol. The van der Waals surface area contributed by atoms with Gasteiger partial charge in [0, 0.05) is 18.1 Å². The molecule has 18 heavy (non-hydrogen) atoms. The predicted octanol–water partition coefficient (Wildman–Crippen LogP) is 1.61. The molecular formula is C12H25N3O3. The van der Waals surface area contributed by atoms with Gasteiger partial charge in [0.1, 0.15) is 0 Å². The summed E-state index contributed by atoms with van der Waals surface area (Å²) in [6.07, 6.45) is 0.879. The predicted molar refractivity (Wildman–Crippen MR) is 70.5 cm³/mol. The Labute approximate surface area is 109 Å². The Morgan fingerprint density at radius 3 is 2.11 bits per heavy atom. The molecule has 0 aromatic heterocycles. The van der Waals surface area contributed by atoms with E-state index >= 15 is 0 Å². The van der Waals surface area contributed by atoms with Gasteiger partial charge in [-0.2, -0.15) is 0 Å². The second kappa shape index (κ2) is 6.47. The lowest BCUT2D eigenvalue weighted by Gasteiger charge is -2.37. The van der Waals surface area contributed by atoms with Gasteiger partial charge in [-0.3, -0.25) is 0 Å². The summed E-state index contributed by atoms with van der Waals surface area (Å²) in [6.45, 7) is 7.72. The van der Waals surface area contributed by atoms with Crippen LogP contribution in [-0.2, 0) is 4.74 Å². The molecule has 0 radical (unpaired) electrons. The summed E-state index contributed by atoms with van der Waals surface area (Å²) in [5, 5.41) is 8.18. The van der Waals surface area contributed by atoms with Crippen molar-refractivity contribution in [2.24, 2.45) is 0 Å². The zero-order valence-electron chi connectivity index (χ0n) is 12.1. The maximum absolute atomic E-state index is 11.4. The van der Waals surface area contributed by atoms with E-state index in [1.807, 2.05) is 27.7 Å². The van der Waals surface area contributed by atoms with Gasteiger partial charge < -0.3 is 20.7 Å². The summed E-state index contributed by atoms with van der Waals surface area (Å²) in [4.78, 5) is 22.7. The minimum absolute atomic E-state index is 0.229. The number of methoxy groups -OCH3 is 1. The van der Waals surface area contributed by atoms with Crippen LogP contribution in [0, 0.1) is 0 Å². The largest absolute Gasteiger partial charge is 0.453 e. The molecule has 3 amide bonds. The third-order valence-electron chi connectivity index (χ3n) is 2.88. The molecule has 0 rings (SSSR count). The van der Waals surface area contributed by atoms with Crippen molar-refractivity contribution in [3.8, 4) is 0 Å². The average Bonchev–Trinajstić information content (AvgIpc) is 2.27. The smallest absolute Gasteiger partial charge is 0.407 e. The van der Waals surface area contributed by atoms with E-state index in [0.29, 0.717) is 6.42 Å². The van der Waals surface area contributed by atoms with Crippen LogP contribution >= 0.6 is 0 Å². The molecule has 0 aromatic carbocycles. The van der Waals surface area contributed by atoms with Crippen molar-refractivity contribution < 1.29 is 14.3 Å². The molecule has 0 aliphatic carbocycles. The van der Waals surface area contributed by atoms with Gasteiger partial charge in [-0.1, -0.05) is 6.92 Å². The number of carbonyl (C=O) groups excluding carboxylic acids is 2. The number of urea groups is 1. The summed E-state index contributed by atoms with van der Waals surface area (Å²) in [5.74, 6) is 0. The molecule has 0 aliphatic rings. The standard InChI is InChI=1S/C12H25N3O3/c1-7-12(4,14-9(16)13-5)8-11(2,3)15-10(17)18-6/h7-8H2,1-6H3,(H,15,17)(H2,13,14,16). The molecule has 6 nitrogen and oxygen atoms in total. The van der Waals surface area contributed by atoms with Crippen LogP contribution in [-0.4, -0.2) is 37.4 Å². The lowest BCUT2D eigenvalue weighted by atomic mass is 9.84. The number of amides is 3. The van der Waals surface area contributed by atoms with Gasteiger partial charge >= 0.3 is 12.1 Å². The number of ether oxygens (including phenoxy) is 1. The lowest BCUT2D eigenvalue weighted by molar-refractivity contribution is 0.150. The molecule has 0 bridgehead atoms. The molecule has 0 aromatic rings. The summed E-state index contributed by atoms with van der Waals surface area (Å²) in [7, 11) is 2.90. The van der Waals surface area contributed by atoms with Gasteiger partial charge in [0.15, 0.2) is 0 Å². The second-order valence-electron chi connectivity index (χ2n) is 5.30. The minimum atomic E-state index is -0.474. The molecule has 0 saturated carbocycles. The van der Waals surface area contributed by atoms with Crippen molar-refractivity contribution in [1.82, 2.24) is 16.0 Å². The fourth-order valence-corrected chi connectivity index (χ4v) is 1.94. The summed E-state index contributed by atoms with van der Waals surface area (Å²) in [6, 6.07) is -0.229. The molecule has 0 saturated heterocycles. The lowest BCUT2D eigenvalue weighted by Crippen LogP contribution is -2.56. The first-order chi connectivity index (χ1) is 8.18. The van der Waals surface area contributed by atoms with Crippen molar-refractivity contribution >= 4 is 12.1 Å². The number of hydrogen-bond donors (Lipinski definition) is 3. The summed E-state index contributed by atoms with van der Waals surface area (Å²) < 4.78 is 4.59. The van der Waals surface area contributed by atoms with Gasteiger partial charge in [-0.25, -0.2) is 9.59 Å². The Hall–Kier alpha value is -1.46. The van der Waals surface area contributed by atoms with Crippen molar-refractivity contribution in [2.45, 2.75) is 51.6 Å². The Bertz CT molecular complexity index is 305. The van der Waals surface area contributed by atoms with Crippen molar-refractivity contribution in [3.05, 3.63) is 0 Å². The van der Waals surface area contributed by atoms with Gasteiger partial charge in [0.05, 0.1) is 7.11 Å². The van der Waals surface area contributed by atoms with Gasteiger partial charge in [0.25, 0.3) is 0 Å². The van der Waals surface area contributed by atoms with Crippen LogP contribution in [0.15, 0.2) is 0 Å². The number of carbonyl (C=O) groups is 2. The van der Waals surface area contributed by atoms with Gasteiger partial charge in [-0.05, 0) is 33.6 Å². The number of rotatable bonds is 5. The van der Waals surface area contributed by atoms with E-state index in [2.05, 4.69) is 20.7 Å². The third-order valence-corrected chi connectivity index (χ3v) is 2.88. The van der Waals surface area contributed by atoms with Crippen molar-refractivity contribution in [3.63, 3.8) is 0 Å². The first-order valence-corrected chi connectivity index (χ1v) is 6.04. The number of nitrogens with one attached hydrogen (secondary N) is 3. The zero-order valence-corrected chi connectivity index (χ0v) is 12.1. The van der Waals surface area contributed by atoms with Gasteiger partial charge in [0.2, 0.25) is 0 Å². The van der Waals surface area contributed by atoms with Crippen LogP contribution in [0.25, 0.3) is 0 Å². The average molecular weight is 259 g/mol. The summed E-state index contributed by atoms with van der Waals surface area (Å²) >= 11 is 0. The molecule has 106 valence electrons. The minimum Gasteiger partial charge on any atom is -0.453 e. The quantitative estimate of drug-likeness (QED) is 0.701. The Morgan fingerprint density at radius 2 is 1.72 bits per heavy atom. The van der Waals surface area contributed by atoms with Crippen molar-refractivity contribution in [1.29, 1.82) is 0 Å². The molecule has 1 atom stereocenters. The highest BCUT2D eigenvalue weighted by Gasteiger charge is 2.33. The topological polar surface area (TPSA) is 79.5 Å². The van der Waals surface area contributed by atoms with E-state index < -0.39 is 17.2 Å². The normalized spacial score (nSPS) is 14.3. The van der Waals surface area contributed by atoms with E-state index in [4.69, 9.17) is 0 Å². The molecule has 3 N–H and O–H groups in total. The first kappa shape index (κ1) is 16.5. The maximum atomic E-state index is 11.4. The Morgan fingerprint density at radius 1 is 1.17 bits per heavy atom. The first-order valence-electron chi connectivity index (χ1n) is 6.04. The molecule has 0 aliphatic heterocycles. The number of alkyl carbamates (subject to hydrolysis) is 1. The maximum Gasteiger partial charge on any atom is 0.407 e. The van der Waals surface area contributed by atoms with Crippen LogP contribution in [0.4, 0.5) is 9.59 Å². The molecule has 0 fully saturated rings. The van der Waals surface area contributed by atoms with Crippen LogP contribution in [0.1, 0.15) is 40.5 Å². The third kappa shape index (κ3) is 5.75. The highest BCUT2D eigenvalue weighted by Crippen LogP contribution is 2.23. The van der Waals surface area contributed by atoms with E-state index in [1.165, 1.54) is 7.11 Å². The highest BCUT2D eigenvalue weighted by molar-refractivity contribution is 5.74. The zero-order chi connectivity index (χ0) is 14.4. The van der Waals surface area contributed by atoms with E-state index in [1.54, 1.807) is 7.05 Å². The SMILES string of the molecule is CCC(C)(CC(C)(C)NC(=O)OC)NC(=O)NC. The fourth-order valence-electron chi connectivity index (χ4n) is 1.94. The molecule has 6 heteroatoms. The van der Waals surface area contributed by atoms with E-state index in [-0.39, 0.29) is 6.03 Å². The summed E-state index contributed by atoms with van der Waals surface area (Å²) in [5.41, 5.74) is -0.872. The Balaban J connectivity index is 4.67. The monoisotopic (exact) mass is 259 g/mol. The molecule has 0 spiro atoms. The van der Waals surface area contributed by atoms with Crippen LogP contribution in [0.3, 0.4) is 0 Å². The van der Waals surface area contributed by atoms with E-state index in [9.17, 15) is 9.59 Å². The fraction of sp³-hybridized carbons (Fsp3) is 0.833. The van der Waals surface area contributed by atoms with Crippen LogP contribution in [0.5, 0.6) is 0 Å². The van der Waals surface area contributed by atoms with E-state index in [0.717, 1.165) is 6.42 Å². The van der Waals surface area contributed by atoms with Gasteiger partial charge in [-0.15, -0.1) is 0 Å². The van der Waals surface area contributed by atoms with Crippen LogP contribution < -0.4 is 16.0 Å². The highest BCUT2D eigenvalue weighted by atomic mass is 16.5. The molecule has 1 unspecified atom stereocenters. The molecule has 0 heterocycles. The second-order valence-corrected chi connectivity index (χ2v) is 5.30. The van der Waals surface area contributed by atoms with Crippen LogP contribution in [0.2, 0.25) is 0 Å². The number of hydrogen-bond acceptors (Lipinski definition) is 3.